The van der Waals surface area contributed by atoms with Gasteiger partial charge in [0.1, 0.15) is 0 Å². The molecule has 2 aliphatic heterocycles. The third-order valence-corrected chi connectivity index (χ3v) is 5.38. The molecule has 1 aromatic heterocycles. The van der Waals surface area contributed by atoms with Crippen molar-refractivity contribution in [2.75, 3.05) is 26.2 Å². The molecule has 1 N–H and O–H groups in total. The summed E-state index contributed by atoms with van der Waals surface area (Å²) in [5.41, 5.74) is 1.55. The fourth-order valence-electron chi connectivity index (χ4n) is 3.52. The second-order valence-corrected chi connectivity index (χ2v) is 7.16. The van der Waals surface area contributed by atoms with Crippen LogP contribution in [0.5, 0.6) is 0 Å². The minimum Gasteiger partial charge on any atom is -0.376 e. The zero-order valence-corrected chi connectivity index (χ0v) is 15.2. The van der Waals surface area contributed by atoms with E-state index in [0.717, 1.165) is 51.1 Å². The van der Waals surface area contributed by atoms with Crippen LogP contribution in [-0.2, 0) is 11.3 Å². The highest BCUT2D eigenvalue weighted by Crippen LogP contribution is 2.19. The van der Waals surface area contributed by atoms with Crippen LogP contribution in [0.15, 0.2) is 11.1 Å². The smallest absolute Gasteiger partial charge is 0.317 e. The minimum absolute atomic E-state index is 0.000959. The van der Waals surface area contributed by atoms with Crippen LogP contribution >= 0.6 is 0 Å². The van der Waals surface area contributed by atoms with Crippen molar-refractivity contribution in [3.8, 4) is 0 Å². The van der Waals surface area contributed by atoms with Crippen molar-refractivity contribution < 1.29 is 9.53 Å². The summed E-state index contributed by atoms with van der Waals surface area (Å²) in [5.74, 6) is 0.406. The zero-order valence-electron chi connectivity index (χ0n) is 15.2. The van der Waals surface area contributed by atoms with Crippen molar-refractivity contribution in [3.05, 3.63) is 27.9 Å². The van der Waals surface area contributed by atoms with E-state index in [0.29, 0.717) is 24.6 Å². The average molecular weight is 348 g/mol. The van der Waals surface area contributed by atoms with Gasteiger partial charge in [-0.15, -0.1) is 0 Å². The fraction of sp³-hybridized carbons (Fsp3) is 0.722. The van der Waals surface area contributed by atoms with Gasteiger partial charge in [-0.1, -0.05) is 0 Å². The fourth-order valence-corrected chi connectivity index (χ4v) is 3.52. The molecule has 0 saturated carbocycles. The van der Waals surface area contributed by atoms with Gasteiger partial charge in [0.25, 0.3) is 5.56 Å². The Kier molecular flexibility index (Phi) is 5.73. The molecule has 0 spiro atoms. The molecule has 2 saturated heterocycles. The molecule has 0 aromatic carbocycles. The third kappa shape index (κ3) is 4.39. The molecule has 7 heteroatoms. The molecular formula is C18H28N4O3. The van der Waals surface area contributed by atoms with Gasteiger partial charge in [-0.2, -0.15) is 0 Å². The number of nitrogens with one attached hydrogen (secondary N) is 1. The van der Waals surface area contributed by atoms with Gasteiger partial charge in [0.15, 0.2) is 0 Å². The number of nitrogens with zero attached hydrogens (tertiary/aromatic N) is 3. The molecule has 1 atom stereocenters. The van der Waals surface area contributed by atoms with E-state index >= 15 is 0 Å². The minimum atomic E-state index is -0.000959. The Morgan fingerprint density at radius 1 is 1.32 bits per heavy atom. The lowest BCUT2D eigenvalue weighted by Crippen LogP contribution is -2.46. The first-order valence-electron chi connectivity index (χ1n) is 9.21. The van der Waals surface area contributed by atoms with Gasteiger partial charge in [-0.05, 0) is 45.4 Å². The number of aromatic nitrogens is 2. The third-order valence-electron chi connectivity index (χ3n) is 5.38. The van der Waals surface area contributed by atoms with Crippen LogP contribution in [0.3, 0.4) is 0 Å². The molecule has 3 heterocycles. The lowest BCUT2D eigenvalue weighted by atomic mass is 9.97. The van der Waals surface area contributed by atoms with Gasteiger partial charge in [-0.25, -0.2) is 9.78 Å². The largest absolute Gasteiger partial charge is 0.376 e. The van der Waals surface area contributed by atoms with Crippen molar-refractivity contribution in [3.63, 3.8) is 0 Å². The van der Waals surface area contributed by atoms with Gasteiger partial charge in [0.2, 0.25) is 0 Å². The maximum Gasteiger partial charge on any atom is 0.317 e. The molecule has 138 valence electrons. The highest BCUT2D eigenvalue weighted by molar-refractivity contribution is 5.74. The number of carbonyl (C=O) groups is 1. The Bertz CT molecular complexity index is 659. The lowest BCUT2D eigenvalue weighted by molar-refractivity contribution is 0.107. The number of aryl methyl sites for hydroxylation is 1. The van der Waals surface area contributed by atoms with E-state index in [-0.39, 0.29) is 17.7 Å². The summed E-state index contributed by atoms with van der Waals surface area (Å²) in [4.78, 5) is 30.7. The topological polar surface area (TPSA) is 76.5 Å². The standard InChI is InChI=1S/C18H28N4O3/c1-13-14(2)20-12-22(17(13)23)11-15-5-7-21(8-6-15)18(24)19-10-16-4-3-9-25-16/h12,15-16H,3-11H2,1-2H3,(H,19,24). The van der Waals surface area contributed by atoms with Crippen molar-refractivity contribution >= 4 is 6.03 Å². The molecule has 0 radical (unpaired) electrons. The van der Waals surface area contributed by atoms with Crippen molar-refractivity contribution in [1.82, 2.24) is 19.8 Å². The zero-order chi connectivity index (χ0) is 17.8. The molecule has 2 fully saturated rings. The molecule has 1 aromatic rings. The highest BCUT2D eigenvalue weighted by atomic mass is 16.5. The molecule has 3 rings (SSSR count). The number of ether oxygens (including phenoxy) is 1. The normalized spacial score (nSPS) is 21.5. The SMILES string of the molecule is Cc1ncn(CC2CCN(C(=O)NCC3CCCO3)CC2)c(=O)c1C. The maximum atomic E-state index is 12.3. The Morgan fingerprint density at radius 3 is 2.76 bits per heavy atom. The van der Waals surface area contributed by atoms with Crippen molar-refractivity contribution in [1.29, 1.82) is 0 Å². The van der Waals surface area contributed by atoms with Gasteiger partial charge in [0, 0.05) is 44.0 Å². The Hall–Kier alpha value is -1.89. The Morgan fingerprint density at radius 2 is 2.08 bits per heavy atom. The highest BCUT2D eigenvalue weighted by Gasteiger charge is 2.24. The number of rotatable bonds is 4. The summed E-state index contributed by atoms with van der Waals surface area (Å²) in [6.07, 6.45) is 5.75. The quantitative estimate of drug-likeness (QED) is 0.894. The van der Waals surface area contributed by atoms with E-state index in [4.69, 9.17) is 4.74 Å². The predicted octanol–water partition coefficient (Wildman–Crippen LogP) is 1.46. The van der Waals surface area contributed by atoms with E-state index in [1.54, 1.807) is 10.9 Å². The van der Waals surface area contributed by atoms with Gasteiger partial charge in [-0.3, -0.25) is 9.36 Å². The number of carbonyl (C=O) groups excluding carboxylic acids is 1. The van der Waals surface area contributed by atoms with E-state index in [9.17, 15) is 9.59 Å². The van der Waals surface area contributed by atoms with E-state index in [1.807, 2.05) is 18.7 Å². The first-order chi connectivity index (χ1) is 12.0. The summed E-state index contributed by atoms with van der Waals surface area (Å²) >= 11 is 0. The number of hydrogen-bond acceptors (Lipinski definition) is 4. The summed E-state index contributed by atoms with van der Waals surface area (Å²) in [6, 6.07) is -0.000959. The average Bonchev–Trinajstić information content (AvgIpc) is 3.14. The summed E-state index contributed by atoms with van der Waals surface area (Å²) in [5, 5.41) is 2.98. The van der Waals surface area contributed by atoms with Crippen LogP contribution in [0.1, 0.15) is 36.9 Å². The number of urea groups is 1. The molecule has 7 nitrogen and oxygen atoms in total. The van der Waals surface area contributed by atoms with E-state index in [1.165, 1.54) is 0 Å². The van der Waals surface area contributed by atoms with Crippen molar-refractivity contribution in [2.45, 2.75) is 52.2 Å². The van der Waals surface area contributed by atoms with Gasteiger partial charge in [0.05, 0.1) is 12.4 Å². The first-order valence-corrected chi connectivity index (χ1v) is 9.21. The number of likely N-dealkylation sites (tertiary alicyclic amines) is 1. The van der Waals surface area contributed by atoms with Crippen LogP contribution in [0, 0.1) is 19.8 Å². The number of piperidine rings is 1. The van der Waals surface area contributed by atoms with Crippen LogP contribution < -0.4 is 10.9 Å². The van der Waals surface area contributed by atoms with Crippen molar-refractivity contribution in [2.24, 2.45) is 5.92 Å². The second kappa shape index (κ2) is 7.99. The molecule has 2 amide bonds. The van der Waals surface area contributed by atoms with E-state index in [2.05, 4.69) is 10.3 Å². The predicted molar refractivity (Wildman–Crippen MR) is 94.6 cm³/mol. The first kappa shape index (κ1) is 17.9. The second-order valence-electron chi connectivity index (χ2n) is 7.16. The van der Waals surface area contributed by atoms with Gasteiger partial charge >= 0.3 is 6.03 Å². The molecular weight excluding hydrogens is 320 g/mol. The Balaban J connectivity index is 1.46. The molecule has 2 aliphatic rings. The van der Waals surface area contributed by atoms with Crippen LogP contribution in [0.25, 0.3) is 0 Å². The Labute approximate surface area is 148 Å². The number of hydrogen-bond donors (Lipinski definition) is 1. The molecule has 0 aliphatic carbocycles. The monoisotopic (exact) mass is 348 g/mol. The summed E-state index contributed by atoms with van der Waals surface area (Å²) in [7, 11) is 0. The molecule has 0 bridgehead atoms. The van der Waals surface area contributed by atoms with Crippen LogP contribution in [-0.4, -0.2) is 52.8 Å². The molecule has 1 unspecified atom stereocenters. The molecule has 25 heavy (non-hydrogen) atoms. The van der Waals surface area contributed by atoms with Crippen LogP contribution in [0.2, 0.25) is 0 Å². The maximum absolute atomic E-state index is 12.3. The lowest BCUT2D eigenvalue weighted by Gasteiger charge is -2.32. The van der Waals surface area contributed by atoms with Gasteiger partial charge < -0.3 is 15.0 Å². The van der Waals surface area contributed by atoms with Crippen LogP contribution in [0.4, 0.5) is 4.79 Å². The summed E-state index contributed by atoms with van der Waals surface area (Å²) in [6.45, 7) is 7.22. The summed E-state index contributed by atoms with van der Waals surface area (Å²) < 4.78 is 7.24. The number of amides is 2. The van der Waals surface area contributed by atoms with E-state index < -0.39 is 0 Å².